The topological polar surface area (TPSA) is 44.5 Å². The lowest BCUT2D eigenvalue weighted by atomic mass is 9.73. The van der Waals surface area contributed by atoms with Gasteiger partial charge in [-0.15, -0.1) is 0 Å². The molecule has 0 unspecified atom stereocenters. The van der Waals surface area contributed by atoms with Crippen LogP contribution in [0.3, 0.4) is 0 Å². The van der Waals surface area contributed by atoms with Crippen molar-refractivity contribution in [2.45, 2.75) is 49.9 Å². The number of ether oxygens (including phenoxy) is 2. The van der Waals surface area contributed by atoms with Gasteiger partial charge in [-0.25, -0.2) is 0 Å². The van der Waals surface area contributed by atoms with E-state index in [2.05, 4.69) is 12.1 Å². The molecule has 0 aromatic heterocycles. The van der Waals surface area contributed by atoms with Gasteiger partial charge in [0.05, 0.1) is 0 Å². The summed E-state index contributed by atoms with van der Waals surface area (Å²) in [5, 5.41) is 0. The third kappa shape index (κ3) is 1.26. The number of hydrogen-bond donors (Lipinski definition) is 1. The molecule has 3 nitrogen and oxygen atoms in total. The Bertz CT molecular complexity index is 475. The van der Waals surface area contributed by atoms with Gasteiger partial charge in [0.25, 0.3) is 5.79 Å². The lowest BCUT2D eigenvalue weighted by molar-refractivity contribution is -0.138. The molecule has 0 atom stereocenters. The van der Waals surface area contributed by atoms with Gasteiger partial charge in [-0.05, 0) is 43.4 Å². The summed E-state index contributed by atoms with van der Waals surface area (Å²) in [4.78, 5) is 0. The van der Waals surface area contributed by atoms with Crippen LogP contribution in [0.5, 0.6) is 11.5 Å². The highest BCUT2D eigenvalue weighted by Crippen LogP contribution is 2.50. The molecule has 1 spiro atoms. The van der Waals surface area contributed by atoms with Gasteiger partial charge < -0.3 is 15.2 Å². The van der Waals surface area contributed by atoms with Crippen molar-refractivity contribution in [3.8, 4) is 11.5 Å². The molecule has 1 aliphatic heterocycles. The smallest absolute Gasteiger partial charge is 0.251 e. The first-order chi connectivity index (χ1) is 8.19. The molecular weight excluding hydrogens is 214 g/mol. The Morgan fingerprint density at radius 3 is 2.24 bits per heavy atom. The van der Waals surface area contributed by atoms with Crippen LogP contribution in [0.4, 0.5) is 0 Å². The SMILES string of the molecule is NC1(c2ccc3c(c2)OC2(CCC2)O3)CCC1. The maximum absolute atomic E-state index is 6.34. The minimum atomic E-state index is -0.331. The second kappa shape index (κ2) is 2.96. The Morgan fingerprint density at radius 2 is 1.65 bits per heavy atom. The van der Waals surface area contributed by atoms with E-state index in [-0.39, 0.29) is 11.3 Å². The Kier molecular flexibility index (Phi) is 1.70. The fraction of sp³-hybridized carbons (Fsp3) is 0.571. The van der Waals surface area contributed by atoms with Crippen LogP contribution < -0.4 is 15.2 Å². The molecule has 3 aliphatic rings. The van der Waals surface area contributed by atoms with E-state index in [1.165, 1.54) is 18.4 Å². The fourth-order valence-electron chi connectivity index (χ4n) is 2.92. The zero-order valence-corrected chi connectivity index (χ0v) is 9.87. The van der Waals surface area contributed by atoms with Gasteiger partial charge in [-0.3, -0.25) is 0 Å². The highest BCUT2D eigenvalue weighted by atomic mass is 16.7. The molecule has 1 aromatic carbocycles. The summed E-state index contributed by atoms with van der Waals surface area (Å²) in [5.41, 5.74) is 7.42. The average Bonchev–Trinajstić information content (AvgIpc) is 2.63. The highest BCUT2D eigenvalue weighted by molar-refractivity contribution is 5.48. The summed E-state index contributed by atoms with van der Waals surface area (Å²) in [6.45, 7) is 0. The third-order valence-electron chi connectivity index (χ3n) is 4.47. The summed E-state index contributed by atoms with van der Waals surface area (Å²) in [7, 11) is 0. The maximum atomic E-state index is 6.34. The number of benzene rings is 1. The van der Waals surface area contributed by atoms with Crippen molar-refractivity contribution in [2.24, 2.45) is 5.73 Å². The van der Waals surface area contributed by atoms with E-state index in [1.807, 2.05) is 6.07 Å². The molecule has 2 N–H and O–H groups in total. The molecule has 0 amide bonds. The van der Waals surface area contributed by atoms with Crippen molar-refractivity contribution in [2.75, 3.05) is 0 Å². The second-order valence-electron chi connectivity index (χ2n) is 5.64. The summed E-state index contributed by atoms with van der Waals surface area (Å²) in [5.74, 6) is 1.44. The summed E-state index contributed by atoms with van der Waals surface area (Å²) in [6, 6.07) is 6.20. The molecule has 3 heteroatoms. The van der Waals surface area contributed by atoms with E-state index in [0.717, 1.165) is 37.2 Å². The van der Waals surface area contributed by atoms with Crippen molar-refractivity contribution in [1.29, 1.82) is 0 Å². The van der Waals surface area contributed by atoms with Crippen molar-refractivity contribution in [3.05, 3.63) is 23.8 Å². The van der Waals surface area contributed by atoms with E-state index in [1.54, 1.807) is 0 Å². The minimum Gasteiger partial charge on any atom is -0.448 e. The van der Waals surface area contributed by atoms with Gasteiger partial charge >= 0.3 is 0 Å². The summed E-state index contributed by atoms with van der Waals surface area (Å²) in [6.07, 6.45) is 6.60. The van der Waals surface area contributed by atoms with E-state index in [9.17, 15) is 0 Å². The van der Waals surface area contributed by atoms with Crippen LogP contribution >= 0.6 is 0 Å². The Balaban J connectivity index is 1.68. The Hall–Kier alpha value is -1.22. The zero-order chi connectivity index (χ0) is 11.5. The summed E-state index contributed by atoms with van der Waals surface area (Å²) < 4.78 is 11.8. The molecule has 90 valence electrons. The van der Waals surface area contributed by atoms with Crippen molar-refractivity contribution in [3.63, 3.8) is 0 Å². The predicted molar refractivity (Wildman–Crippen MR) is 64.0 cm³/mol. The highest BCUT2D eigenvalue weighted by Gasteiger charge is 2.47. The molecule has 2 aliphatic carbocycles. The van der Waals surface area contributed by atoms with E-state index < -0.39 is 0 Å². The van der Waals surface area contributed by atoms with E-state index >= 15 is 0 Å². The van der Waals surface area contributed by atoms with E-state index in [0.29, 0.717) is 0 Å². The van der Waals surface area contributed by atoms with Gasteiger partial charge in [0.1, 0.15) is 0 Å². The number of rotatable bonds is 1. The third-order valence-corrected chi connectivity index (χ3v) is 4.47. The predicted octanol–water partition coefficient (Wildman–Crippen LogP) is 2.68. The molecule has 0 saturated heterocycles. The normalized spacial score (nSPS) is 26.4. The second-order valence-corrected chi connectivity index (χ2v) is 5.64. The molecule has 2 saturated carbocycles. The molecule has 1 heterocycles. The van der Waals surface area contributed by atoms with Crippen LogP contribution in [0.15, 0.2) is 18.2 Å². The van der Waals surface area contributed by atoms with Gasteiger partial charge in [0.15, 0.2) is 11.5 Å². The molecule has 4 rings (SSSR count). The standard InChI is InChI=1S/C14H17NO2/c15-13(5-1-6-13)10-3-4-11-12(9-10)17-14(16-11)7-2-8-14/h3-4,9H,1-2,5-8,15H2. The number of nitrogens with two attached hydrogens (primary N) is 1. The summed E-state index contributed by atoms with van der Waals surface area (Å²) >= 11 is 0. The van der Waals surface area contributed by atoms with Gasteiger partial charge in [-0.2, -0.15) is 0 Å². The lowest BCUT2D eigenvalue weighted by Gasteiger charge is -2.38. The van der Waals surface area contributed by atoms with Crippen LogP contribution in [-0.4, -0.2) is 5.79 Å². The first-order valence-electron chi connectivity index (χ1n) is 6.51. The van der Waals surface area contributed by atoms with E-state index in [4.69, 9.17) is 15.2 Å². The maximum Gasteiger partial charge on any atom is 0.251 e. The molecule has 17 heavy (non-hydrogen) atoms. The minimum absolute atomic E-state index is 0.117. The Labute approximate surface area is 101 Å². The first-order valence-corrected chi connectivity index (χ1v) is 6.51. The average molecular weight is 231 g/mol. The lowest BCUT2D eigenvalue weighted by Crippen LogP contribution is -2.45. The van der Waals surface area contributed by atoms with Crippen LogP contribution in [-0.2, 0) is 5.54 Å². The molecule has 0 bridgehead atoms. The van der Waals surface area contributed by atoms with Crippen molar-refractivity contribution < 1.29 is 9.47 Å². The molecule has 0 radical (unpaired) electrons. The van der Waals surface area contributed by atoms with Crippen LogP contribution in [0, 0.1) is 0 Å². The Morgan fingerprint density at radius 1 is 0.941 bits per heavy atom. The van der Waals surface area contributed by atoms with Gasteiger partial charge in [-0.1, -0.05) is 6.07 Å². The van der Waals surface area contributed by atoms with Crippen LogP contribution in [0.25, 0.3) is 0 Å². The number of hydrogen-bond acceptors (Lipinski definition) is 3. The zero-order valence-electron chi connectivity index (χ0n) is 9.87. The van der Waals surface area contributed by atoms with Crippen LogP contribution in [0.1, 0.15) is 44.1 Å². The molecule has 2 fully saturated rings. The first kappa shape index (κ1) is 9.77. The molecule has 1 aromatic rings. The van der Waals surface area contributed by atoms with Crippen molar-refractivity contribution in [1.82, 2.24) is 0 Å². The monoisotopic (exact) mass is 231 g/mol. The van der Waals surface area contributed by atoms with Gasteiger partial charge in [0, 0.05) is 18.4 Å². The largest absolute Gasteiger partial charge is 0.448 e. The quantitative estimate of drug-likeness (QED) is 0.808. The van der Waals surface area contributed by atoms with Crippen LogP contribution in [0.2, 0.25) is 0 Å². The van der Waals surface area contributed by atoms with Crippen molar-refractivity contribution >= 4 is 0 Å². The molecular formula is C14H17NO2. The fourth-order valence-corrected chi connectivity index (χ4v) is 2.92. The van der Waals surface area contributed by atoms with Gasteiger partial charge in [0.2, 0.25) is 0 Å². The number of fused-ring (bicyclic) bond motifs is 1.